The topological polar surface area (TPSA) is 77.1 Å². The molecule has 0 saturated heterocycles. The van der Waals surface area contributed by atoms with E-state index in [0.29, 0.717) is 45.2 Å². The zero-order valence-electron chi connectivity index (χ0n) is 23.9. The van der Waals surface area contributed by atoms with E-state index in [4.69, 9.17) is 14.2 Å². The Hall–Kier alpha value is -5.56. The van der Waals surface area contributed by atoms with Crippen molar-refractivity contribution < 1.29 is 23.8 Å². The molecule has 1 atom stereocenters. The van der Waals surface area contributed by atoms with E-state index < -0.39 is 11.6 Å². The van der Waals surface area contributed by atoms with E-state index in [0.717, 1.165) is 16.9 Å². The minimum atomic E-state index is -1.26. The number of hydrogen-bond acceptors (Lipinski definition) is 6. The number of aryl methyl sites for hydroxylation is 1. The molecule has 2 heterocycles. The van der Waals surface area contributed by atoms with Gasteiger partial charge in [-0.05, 0) is 67.6 Å². The van der Waals surface area contributed by atoms with Gasteiger partial charge in [0.25, 0.3) is 5.91 Å². The molecular weight excluding hydrogens is 540 g/mol. The van der Waals surface area contributed by atoms with Crippen LogP contribution in [0.4, 0.5) is 17.1 Å². The Morgan fingerprint density at radius 2 is 1.53 bits per heavy atom. The molecule has 43 heavy (non-hydrogen) atoms. The molecule has 0 fully saturated rings. The lowest BCUT2D eigenvalue weighted by atomic mass is 9.77. The second kappa shape index (κ2) is 10.1. The van der Waals surface area contributed by atoms with Gasteiger partial charge in [0.15, 0.2) is 5.60 Å². The van der Waals surface area contributed by atoms with E-state index in [9.17, 15) is 9.59 Å². The van der Waals surface area contributed by atoms with Crippen LogP contribution in [0.1, 0.15) is 43.0 Å². The van der Waals surface area contributed by atoms with Crippen molar-refractivity contribution in [2.45, 2.75) is 12.5 Å². The quantitative estimate of drug-likeness (QED) is 0.220. The normalized spacial score (nSPS) is 15.9. The van der Waals surface area contributed by atoms with Crippen molar-refractivity contribution in [1.29, 1.82) is 0 Å². The van der Waals surface area contributed by atoms with E-state index in [1.165, 1.54) is 12.7 Å². The molecule has 0 bridgehead atoms. The van der Waals surface area contributed by atoms with Crippen LogP contribution in [0.15, 0.2) is 109 Å². The number of hydrogen-bond donors (Lipinski definition) is 1. The van der Waals surface area contributed by atoms with Gasteiger partial charge in [-0.1, -0.05) is 48.0 Å². The molecule has 1 amide bonds. The van der Waals surface area contributed by atoms with Crippen LogP contribution in [-0.2, 0) is 10.3 Å². The number of methoxy groups -OCH3 is 1. The first-order valence-electron chi connectivity index (χ1n) is 13.9. The maximum absolute atomic E-state index is 13.3. The molecule has 0 aromatic heterocycles. The number of rotatable bonds is 5. The minimum Gasteiger partial charge on any atom is -0.496 e. The number of para-hydroxylation sites is 1. The molecule has 7 rings (SSSR count). The van der Waals surface area contributed by atoms with Crippen LogP contribution in [0.3, 0.4) is 0 Å². The molecule has 1 unspecified atom stereocenters. The van der Waals surface area contributed by atoms with Gasteiger partial charge in [-0.3, -0.25) is 4.79 Å². The summed E-state index contributed by atoms with van der Waals surface area (Å²) in [6, 6.07) is 34.0. The summed E-state index contributed by atoms with van der Waals surface area (Å²) < 4.78 is 18.2. The Morgan fingerprint density at radius 3 is 2.35 bits per heavy atom. The fraction of sp³-hybridized carbons (Fsp3) is 0.111. The Morgan fingerprint density at radius 1 is 0.791 bits per heavy atom. The Labute approximate surface area is 249 Å². The molecule has 0 saturated carbocycles. The van der Waals surface area contributed by atoms with Gasteiger partial charge < -0.3 is 24.4 Å². The van der Waals surface area contributed by atoms with Crippen LogP contribution < -0.4 is 19.7 Å². The highest BCUT2D eigenvalue weighted by molar-refractivity contribution is 6.06. The van der Waals surface area contributed by atoms with E-state index in [-0.39, 0.29) is 5.91 Å². The number of carbonyl (C=O) groups is 2. The largest absolute Gasteiger partial charge is 0.496 e. The Balaban J connectivity index is 1.34. The number of anilines is 3. The van der Waals surface area contributed by atoms with Gasteiger partial charge in [-0.15, -0.1) is 0 Å². The van der Waals surface area contributed by atoms with Crippen LogP contribution in [0.5, 0.6) is 17.2 Å². The second-order valence-corrected chi connectivity index (χ2v) is 10.7. The number of benzene rings is 5. The number of ether oxygens (including phenoxy) is 3. The first-order valence-corrected chi connectivity index (χ1v) is 13.9. The maximum atomic E-state index is 13.3. The maximum Gasteiger partial charge on any atom is 0.340 e. The molecule has 7 nitrogen and oxygen atoms in total. The molecule has 7 heteroatoms. The van der Waals surface area contributed by atoms with Crippen molar-refractivity contribution in [3.8, 4) is 17.2 Å². The zero-order chi connectivity index (χ0) is 29.7. The average Bonchev–Trinajstić information content (AvgIpc) is 3.33. The third-order valence-corrected chi connectivity index (χ3v) is 8.11. The van der Waals surface area contributed by atoms with Crippen LogP contribution in [-0.4, -0.2) is 26.0 Å². The Kier molecular flexibility index (Phi) is 6.17. The summed E-state index contributed by atoms with van der Waals surface area (Å²) in [5, 5.41) is 2.97. The van der Waals surface area contributed by atoms with Crippen LogP contribution in [0.25, 0.3) is 0 Å². The summed E-state index contributed by atoms with van der Waals surface area (Å²) in [5.74, 6) is 0.841. The zero-order valence-corrected chi connectivity index (χ0v) is 23.9. The summed E-state index contributed by atoms with van der Waals surface area (Å²) in [6.07, 6.45) is 0. The number of fused-ring (bicyclic) bond motifs is 6. The predicted molar refractivity (Wildman–Crippen MR) is 165 cm³/mol. The van der Waals surface area contributed by atoms with Crippen molar-refractivity contribution in [3.63, 3.8) is 0 Å². The molecule has 1 N–H and O–H groups in total. The summed E-state index contributed by atoms with van der Waals surface area (Å²) in [7, 11) is 3.53. The first kappa shape index (κ1) is 26.3. The molecule has 0 radical (unpaired) electrons. The van der Waals surface area contributed by atoms with Crippen LogP contribution >= 0.6 is 0 Å². The highest BCUT2D eigenvalue weighted by Crippen LogP contribution is 2.57. The summed E-state index contributed by atoms with van der Waals surface area (Å²) in [6.45, 7) is 2.06. The van der Waals surface area contributed by atoms with E-state index in [2.05, 4.69) is 41.4 Å². The van der Waals surface area contributed by atoms with E-state index in [1.54, 1.807) is 36.4 Å². The molecule has 1 spiro atoms. The van der Waals surface area contributed by atoms with Gasteiger partial charge in [0.2, 0.25) is 0 Å². The van der Waals surface area contributed by atoms with Crippen LogP contribution in [0, 0.1) is 6.92 Å². The lowest BCUT2D eigenvalue weighted by Gasteiger charge is -2.37. The monoisotopic (exact) mass is 568 g/mol. The molecule has 5 aromatic carbocycles. The van der Waals surface area contributed by atoms with E-state index in [1.807, 2.05) is 55.6 Å². The molecule has 2 aliphatic rings. The average molecular weight is 569 g/mol. The second-order valence-electron chi connectivity index (χ2n) is 10.7. The van der Waals surface area contributed by atoms with Gasteiger partial charge in [-0.25, -0.2) is 4.79 Å². The van der Waals surface area contributed by atoms with Gasteiger partial charge in [0.1, 0.15) is 17.2 Å². The smallest absolute Gasteiger partial charge is 0.340 e. The predicted octanol–water partition coefficient (Wildman–Crippen LogP) is 7.59. The van der Waals surface area contributed by atoms with Gasteiger partial charge >= 0.3 is 5.97 Å². The standard InChI is InChI=1S/C36H28N2O5/c1-22-12-15-24(16-13-22)38(2)25-17-18-29-33(21-25)42-32-19-14-23(37-34(39)27-9-5-7-11-31(27)41-3)20-30(32)36(29)28-10-6-4-8-26(28)35(40)43-36/h4-21H,1-3H3,(H,37,39). The molecular formula is C36H28N2O5. The van der Waals surface area contributed by atoms with Crippen LogP contribution in [0.2, 0.25) is 0 Å². The SMILES string of the molecule is COc1ccccc1C(=O)Nc1ccc2c(c1)C1(OC(=O)c3ccccc31)c1ccc(N(C)c3ccc(C)cc3)cc1O2. The lowest BCUT2D eigenvalue weighted by Crippen LogP contribution is -2.33. The van der Waals surface area contributed by atoms with Gasteiger partial charge in [0.05, 0.1) is 18.2 Å². The fourth-order valence-electron chi connectivity index (χ4n) is 5.90. The lowest BCUT2D eigenvalue weighted by molar-refractivity contribution is 0.0224. The third kappa shape index (κ3) is 4.20. The summed E-state index contributed by atoms with van der Waals surface area (Å²) >= 11 is 0. The highest BCUT2D eigenvalue weighted by Gasteiger charge is 2.53. The van der Waals surface area contributed by atoms with Crippen molar-refractivity contribution in [1.82, 2.24) is 0 Å². The van der Waals surface area contributed by atoms with Crippen molar-refractivity contribution in [2.24, 2.45) is 0 Å². The first-order chi connectivity index (χ1) is 20.9. The van der Waals surface area contributed by atoms with Gasteiger partial charge in [-0.2, -0.15) is 0 Å². The molecule has 212 valence electrons. The number of carbonyl (C=O) groups excluding carboxylic acids is 2. The van der Waals surface area contributed by atoms with Crippen molar-refractivity contribution in [2.75, 3.05) is 24.4 Å². The molecule has 2 aliphatic heterocycles. The summed E-state index contributed by atoms with van der Waals surface area (Å²) in [5.41, 5.74) is 5.34. The highest BCUT2D eigenvalue weighted by atomic mass is 16.6. The number of nitrogens with zero attached hydrogens (tertiary/aromatic N) is 1. The molecule has 5 aromatic rings. The number of amides is 1. The molecule has 0 aliphatic carbocycles. The number of esters is 1. The van der Waals surface area contributed by atoms with Gasteiger partial charge in [0, 0.05) is 46.9 Å². The minimum absolute atomic E-state index is 0.323. The van der Waals surface area contributed by atoms with E-state index >= 15 is 0 Å². The summed E-state index contributed by atoms with van der Waals surface area (Å²) in [4.78, 5) is 28.6. The number of nitrogens with one attached hydrogen (secondary N) is 1. The van der Waals surface area contributed by atoms with Crippen molar-refractivity contribution >= 4 is 28.9 Å². The fourth-order valence-corrected chi connectivity index (χ4v) is 5.90. The third-order valence-electron chi connectivity index (χ3n) is 8.11. The van der Waals surface area contributed by atoms with Crippen molar-refractivity contribution in [3.05, 3.63) is 143 Å². The Bertz CT molecular complexity index is 1920.